The molecular formula is C9H14N2O. The Hall–Kier alpha value is -0.900. The zero-order valence-corrected chi connectivity index (χ0v) is 7.07. The minimum Gasteiger partial charge on any atom is -0.377 e. The summed E-state index contributed by atoms with van der Waals surface area (Å²) < 4.78 is 0. The summed E-state index contributed by atoms with van der Waals surface area (Å²) in [6.45, 7) is 0. The third-order valence-electron chi connectivity index (χ3n) is 1.81. The number of hydrogen-bond acceptors (Lipinski definition) is 3. The Kier molecular flexibility index (Phi) is 3.22. The minimum absolute atomic E-state index is 0.189. The van der Waals surface area contributed by atoms with Gasteiger partial charge in [-0.15, -0.1) is 0 Å². The average molecular weight is 166 g/mol. The van der Waals surface area contributed by atoms with Gasteiger partial charge in [0.1, 0.15) is 6.23 Å². The number of hydrogen-bond donors (Lipinski definition) is 3. The van der Waals surface area contributed by atoms with Gasteiger partial charge >= 0.3 is 0 Å². The van der Waals surface area contributed by atoms with Crippen molar-refractivity contribution in [1.82, 2.24) is 5.32 Å². The number of nitrogens with one attached hydrogen (secondary N) is 1. The van der Waals surface area contributed by atoms with Crippen LogP contribution in [0, 0.1) is 0 Å². The zero-order chi connectivity index (χ0) is 8.97. The molecule has 0 radical (unpaired) electrons. The lowest BCUT2D eigenvalue weighted by molar-refractivity contribution is 0.138. The predicted molar refractivity (Wildman–Crippen MR) is 48.4 cm³/mol. The van der Waals surface area contributed by atoms with Gasteiger partial charge in [-0.25, -0.2) is 0 Å². The van der Waals surface area contributed by atoms with Gasteiger partial charge in [0.25, 0.3) is 0 Å². The van der Waals surface area contributed by atoms with Crippen LogP contribution in [0.2, 0.25) is 0 Å². The average Bonchev–Trinajstić information content (AvgIpc) is 2.07. The third-order valence-corrected chi connectivity index (χ3v) is 1.81. The molecule has 2 atom stereocenters. The molecule has 1 aromatic rings. The second-order valence-corrected chi connectivity index (χ2v) is 2.67. The highest BCUT2D eigenvalue weighted by Gasteiger charge is 2.13. The number of aliphatic hydroxyl groups is 1. The Morgan fingerprint density at radius 3 is 2.33 bits per heavy atom. The summed E-state index contributed by atoms with van der Waals surface area (Å²) in [7, 11) is 1.77. The minimum atomic E-state index is -0.864. The van der Waals surface area contributed by atoms with Crippen LogP contribution in [0.25, 0.3) is 0 Å². The van der Waals surface area contributed by atoms with Crippen molar-refractivity contribution in [3.63, 3.8) is 0 Å². The summed E-state index contributed by atoms with van der Waals surface area (Å²) in [5.41, 5.74) is 6.37. The second kappa shape index (κ2) is 4.21. The topological polar surface area (TPSA) is 58.3 Å². The molecule has 66 valence electrons. The number of aliphatic hydroxyl groups excluding tert-OH is 1. The largest absolute Gasteiger partial charge is 0.377 e. The molecule has 0 saturated carbocycles. The third kappa shape index (κ3) is 2.04. The van der Waals surface area contributed by atoms with Gasteiger partial charge in [-0.3, -0.25) is 0 Å². The second-order valence-electron chi connectivity index (χ2n) is 2.67. The van der Waals surface area contributed by atoms with Crippen LogP contribution in [0.1, 0.15) is 11.6 Å². The zero-order valence-electron chi connectivity index (χ0n) is 7.07. The maximum absolute atomic E-state index is 9.18. The fourth-order valence-electron chi connectivity index (χ4n) is 1.19. The molecule has 12 heavy (non-hydrogen) atoms. The smallest absolute Gasteiger partial charge is 0.122 e. The predicted octanol–water partition coefficient (Wildman–Crippen LogP) is 0.224. The molecule has 0 aromatic heterocycles. The molecule has 0 heterocycles. The van der Waals surface area contributed by atoms with Gasteiger partial charge in [0, 0.05) is 0 Å². The molecule has 1 aromatic carbocycles. The molecule has 0 amide bonds. The molecule has 0 bridgehead atoms. The van der Waals surface area contributed by atoms with Crippen LogP contribution < -0.4 is 11.1 Å². The van der Waals surface area contributed by atoms with Crippen molar-refractivity contribution in [2.75, 3.05) is 7.05 Å². The molecule has 3 nitrogen and oxygen atoms in total. The summed E-state index contributed by atoms with van der Waals surface area (Å²) in [4.78, 5) is 0. The van der Waals surface area contributed by atoms with E-state index < -0.39 is 6.23 Å². The summed E-state index contributed by atoms with van der Waals surface area (Å²) in [6.07, 6.45) is -0.864. The van der Waals surface area contributed by atoms with E-state index in [2.05, 4.69) is 5.32 Å². The highest BCUT2D eigenvalue weighted by atomic mass is 16.3. The lowest BCUT2D eigenvalue weighted by Gasteiger charge is -2.18. The van der Waals surface area contributed by atoms with Crippen LogP contribution in [0.4, 0.5) is 0 Å². The van der Waals surface area contributed by atoms with Crippen LogP contribution in [-0.4, -0.2) is 18.4 Å². The van der Waals surface area contributed by atoms with Crippen LogP contribution in [0.15, 0.2) is 30.3 Å². The molecular weight excluding hydrogens is 152 g/mol. The van der Waals surface area contributed by atoms with E-state index in [9.17, 15) is 5.11 Å². The lowest BCUT2D eigenvalue weighted by Crippen LogP contribution is -2.35. The SMILES string of the molecule is CNC(c1ccccc1)C(N)O. The highest BCUT2D eigenvalue weighted by molar-refractivity contribution is 5.19. The van der Waals surface area contributed by atoms with Crippen LogP contribution in [-0.2, 0) is 0 Å². The quantitative estimate of drug-likeness (QED) is 0.563. The first-order chi connectivity index (χ1) is 5.75. The Bertz CT molecular complexity index is 223. The van der Waals surface area contributed by atoms with Gasteiger partial charge in [0.15, 0.2) is 0 Å². The van der Waals surface area contributed by atoms with Gasteiger partial charge in [0.05, 0.1) is 6.04 Å². The first-order valence-corrected chi connectivity index (χ1v) is 3.91. The van der Waals surface area contributed by atoms with Crippen LogP contribution >= 0.6 is 0 Å². The molecule has 4 N–H and O–H groups in total. The molecule has 3 heteroatoms. The summed E-state index contributed by atoms with van der Waals surface area (Å²) in [6, 6.07) is 9.43. The molecule has 0 aliphatic heterocycles. The van der Waals surface area contributed by atoms with E-state index >= 15 is 0 Å². The maximum Gasteiger partial charge on any atom is 0.122 e. The highest BCUT2D eigenvalue weighted by Crippen LogP contribution is 2.12. The molecule has 0 saturated heterocycles. The van der Waals surface area contributed by atoms with E-state index in [0.717, 1.165) is 5.56 Å². The number of rotatable bonds is 3. The van der Waals surface area contributed by atoms with Crippen molar-refractivity contribution in [3.05, 3.63) is 35.9 Å². The van der Waals surface area contributed by atoms with Gasteiger partial charge in [-0.05, 0) is 12.6 Å². The Balaban J connectivity index is 2.80. The molecule has 0 spiro atoms. The molecule has 0 fully saturated rings. The van der Waals surface area contributed by atoms with Crippen molar-refractivity contribution >= 4 is 0 Å². The number of benzene rings is 1. The number of nitrogens with two attached hydrogens (primary N) is 1. The van der Waals surface area contributed by atoms with Gasteiger partial charge in [-0.1, -0.05) is 30.3 Å². The van der Waals surface area contributed by atoms with E-state index in [4.69, 9.17) is 5.73 Å². The molecule has 1 rings (SSSR count). The standard InChI is InChI=1S/C9H14N2O/c1-11-8(9(10)12)7-5-3-2-4-6-7/h2-6,8-9,11-12H,10H2,1H3. The van der Waals surface area contributed by atoms with E-state index in [-0.39, 0.29) is 6.04 Å². The molecule has 0 aliphatic rings. The summed E-state index contributed by atoms with van der Waals surface area (Å²) in [5.74, 6) is 0. The van der Waals surface area contributed by atoms with E-state index in [1.807, 2.05) is 30.3 Å². The van der Waals surface area contributed by atoms with Gasteiger partial charge < -0.3 is 16.2 Å². The summed E-state index contributed by atoms with van der Waals surface area (Å²) in [5, 5.41) is 12.1. The van der Waals surface area contributed by atoms with Crippen molar-refractivity contribution in [2.24, 2.45) is 5.73 Å². The van der Waals surface area contributed by atoms with Crippen LogP contribution in [0.3, 0.4) is 0 Å². The van der Waals surface area contributed by atoms with E-state index in [1.54, 1.807) is 7.05 Å². The van der Waals surface area contributed by atoms with Gasteiger partial charge in [-0.2, -0.15) is 0 Å². The normalized spacial score (nSPS) is 15.6. The fourth-order valence-corrected chi connectivity index (χ4v) is 1.19. The Labute approximate surface area is 72.2 Å². The van der Waals surface area contributed by atoms with Crippen molar-refractivity contribution < 1.29 is 5.11 Å². The van der Waals surface area contributed by atoms with E-state index in [0.29, 0.717) is 0 Å². The maximum atomic E-state index is 9.18. The van der Waals surface area contributed by atoms with Crippen molar-refractivity contribution in [3.8, 4) is 0 Å². The Morgan fingerprint density at radius 2 is 1.92 bits per heavy atom. The van der Waals surface area contributed by atoms with Crippen LogP contribution in [0.5, 0.6) is 0 Å². The monoisotopic (exact) mass is 166 g/mol. The summed E-state index contributed by atoms with van der Waals surface area (Å²) >= 11 is 0. The first-order valence-electron chi connectivity index (χ1n) is 3.91. The van der Waals surface area contributed by atoms with Crippen molar-refractivity contribution in [2.45, 2.75) is 12.3 Å². The Morgan fingerprint density at radius 1 is 1.33 bits per heavy atom. The number of likely N-dealkylation sites (N-methyl/N-ethyl adjacent to an activating group) is 1. The lowest BCUT2D eigenvalue weighted by atomic mass is 10.1. The molecule has 0 aliphatic carbocycles. The fraction of sp³-hybridized carbons (Fsp3) is 0.333. The molecule has 2 unspecified atom stereocenters. The van der Waals surface area contributed by atoms with Crippen molar-refractivity contribution in [1.29, 1.82) is 0 Å². The first kappa shape index (κ1) is 9.19. The van der Waals surface area contributed by atoms with E-state index in [1.165, 1.54) is 0 Å². The van der Waals surface area contributed by atoms with Gasteiger partial charge in [0.2, 0.25) is 0 Å².